The number of nitrogens with one attached hydrogen (secondary N) is 2. The topological polar surface area (TPSA) is 52.1 Å². The molecule has 0 aromatic heterocycles. The van der Waals surface area contributed by atoms with Crippen molar-refractivity contribution in [2.45, 2.75) is 44.6 Å². The van der Waals surface area contributed by atoms with Crippen LogP contribution in [0.3, 0.4) is 0 Å². The zero-order valence-corrected chi connectivity index (χ0v) is 18.7. The summed E-state index contributed by atoms with van der Waals surface area (Å²) in [5, 5.41) is 6.74. The molecule has 0 radical (unpaired) electrons. The molecule has 0 aliphatic carbocycles. The van der Waals surface area contributed by atoms with Crippen LogP contribution in [0.5, 0.6) is 0 Å². The van der Waals surface area contributed by atoms with Gasteiger partial charge in [-0.3, -0.25) is 9.89 Å². The number of hydrogen-bond acceptors (Lipinski definition) is 4. The Morgan fingerprint density at radius 1 is 1.08 bits per heavy atom. The number of methoxy groups -OCH3 is 1. The van der Waals surface area contributed by atoms with Crippen molar-refractivity contribution in [2.75, 3.05) is 66.6 Å². The van der Waals surface area contributed by atoms with Crippen molar-refractivity contribution < 1.29 is 4.74 Å². The van der Waals surface area contributed by atoms with Crippen LogP contribution in [0.15, 0.2) is 4.99 Å². The molecule has 2 aliphatic rings. The number of nitrogens with zero attached hydrogens (tertiary/aromatic N) is 3. The zero-order chi connectivity index (χ0) is 17.3. The van der Waals surface area contributed by atoms with E-state index in [0.29, 0.717) is 6.61 Å². The minimum Gasteiger partial charge on any atom is -0.383 e. The van der Waals surface area contributed by atoms with E-state index in [1.807, 2.05) is 0 Å². The van der Waals surface area contributed by atoms with E-state index in [0.717, 1.165) is 25.6 Å². The lowest BCUT2D eigenvalue weighted by molar-refractivity contribution is 0.0208. The van der Waals surface area contributed by atoms with E-state index in [1.165, 1.54) is 58.3 Å². The van der Waals surface area contributed by atoms with Crippen LogP contribution in [0.1, 0.15) is 39.0 Å². The fourth-order valence-corrected chi connectivity index (χ4v) is 3.82. The largest absolute Gasteiger partial charge is 0.383 e. The molecule has 2 rings (SSSR count). The summed E-state index contributed by atoms with van der Waals surface area (Å²) in [4.78, 5) is 10.2. The quantitative estimate of drug-likeness (QED) is 0.259. The van der Waals surface area contributed by atoms with Crippen LogP contribution in [0.2, 0.25) is 0 Å². The van der Waals surface area contributed by atoms with Gasteiger partial charge in [0.2, 0.25) is 0 Å². The Bertz CT molecular complexity index is 380. The highest BCUT2D eigenvalue weighted by Crippen LogP contribution is 2.31. The molecule has 2 heterocycles. The van der Waals surface area contributed by atoms with Crippen molar-refractivity contribution in [1.29, 1.82) is 0 Å². The first kappa shape index (κ1) is 22.9. The molecule has 0 bridgehead atoms. The van der Waals surface area contributed by atoms with Crippen molar-refractivity contribution in [3.8, 4) is 0 Å². The first-order chi connectivity index (χ1) is 11.7. The molecule has 6 nitrogen and oxygen atoms in total. The maximum atomic E-state index is 5.13. The molecule has 2 fully saturated rings. The first-order valence-corrected chi connectivity index (χ1v) is 9.65. The van der Waals surface area contributed by atoms with E-state index in [4.69, 9.17) is 9.73 Å². The second-order valence-corrected chi connectivity index (χ2v) is 7.19. The van der Waals surface area contributed by atoms with Gasteiger partial charge in [0.05, 0.1) is 13.2 Å². The fourth-order valence-electron chi connectivity index (χ4n) is 3.82. The molecule has 0 aromatic carbocycles. The molecule has 25 heavy (non-hydrogen) atoms. The summed E-state index contributed by atoms with van der Waals surface area (Å²) in [5.74, 6) is 0.921. The van der Waals surface area contributed by atoms with Gasteiger partial charge in [0, 0.05) is 25.7 Å². The van der Waals surface area contributed by atoms with Crippen LogP contribution in [-0.2, 0) is 4.74 Å². The Labute approximate surface area is 171 Å². The van der Waals surface area contributed by atoms with Crippen LogP contribution in [0.4, 0.5) is 0 Å². The molecule has 0 aromatic rings. The van der Waals surface area contributed by atoms with Crippen LogP contribution < -0.4 is 10.6 Å². The Morgan fingerprint density at radius 3 is 2.36 bits per heavy atom. The normalized spacial score (nSPS) is 22.3. The van der Waals surface area contributed by atoms with E-state index in [9.17, 15) is 0 Å². The zero-order valence-electron chi connectivity index (χ0n) is 16.4. The summed E-state index contributed by atoms with van der Waals surface area (Å²) >= 11 is 0. The summed E-state index contributed by atoms with van der Waals surface area (Å²) in [5.41, 5.74) is 0.247. The van der Waals surface area contributed by atoms with E-state index in [-0.39, 0.29) is 29.5 Å². The van der Waals surface area contributed by atoms with Gasteiger partial charge in [-0.25, -0.2) is 0 Å². The maximum absolute atomic E-state index is 5.13. The number of piperidine rings is 2. The maximum Gasteiger partial charge on any atom is 0.191 e. The third-order valence-corrected chi connectivity index (χ3v) is 5.42. The summed E-state index contributed by atoms with van der Waals surface area (Å²) in [7, 11) is 3.97. The SMILES string of the molecule is CCNC(=NCC1(N2CCCCC2)CCN(C)CC1)NCCOC.I. The number of halogens is 1. The highest BCUT2D eigenvalue weighted by Gasteiger charge is 2.39. The second kappa shape index (κ2) is 12.3. The van der Waals surface area contributed by atoms with Crippen molar-refractivity contribution in [3.05, 3.63) is 0 Å². The Balaban J connectivity index is 0.00000312. The Morgan fingerprint density at radius 2 is 1.76 bits per heavy atom. The van der Waals surface area contributed by atoms with Gasteiger partial charge in [-0.2, -0.15) is 0 Å². The highest BCUT2D eigenvalue weighted by atomic mass is 127. The van der Waals surface area contributed by atoms with Gasteiger partial charge in [-0.05, 0) is 65.8 Å². The van der Waals surface area contributed by atoms with Crippen LogP contribution in [-0.4, -0.2) is 87.9 Å². The van der Waals surface area contributed by atoms with Gasteiger partial charge in [-0.1, -0.05) is 6.42 Å². The summed E-state index contributed by atoms with van der Waals surface area (Å²) in [6.45, 7) is 10.2. The monoisotopic (exact) mass is 467 g/mol. The smallest absolute Gasteiger partial charge is 0.191 e. The molecule has 0 atom stereocenters. The van der Waals surface area contributed by atoms with Crippen molar-refractivity contribution in [2.24, 2.45) is 4.99 Å². The number of rotatable bonds is 7. The average molecular weight is 467 g/mol. The third-order valence-electron chi connectivity index (χ3n) is 5.42. The van der Waals surface area contributed by atoms with E-state index >= 15 is 0 Å². The minimum atomic E-state index is 0. The van der Waals surface area contributed by atoms with Gasteiger partial charge in [0.1, 0.15) is 0 Å². The lowest BCUT2D eigenvalue weighted by Gasteiger charge is -2.49. The molecule has 0 spiro atoms. The van der Waals surface area contributed by atoms with Crippen molar-refractivity contribution >= 4 is 29.9 Å². The minimum absolute atomic E-state index is 0. The molecule has 0 unspecified atom stereocenters. The molecule has 0 amide bonds. The van der Waals surface area contributed by atoms with E-state index in [2.05, 4.69) is 34.4 Å². The fraction of sp³-hybridized carbons (Fsp3) is 0.944. The molecule has 7 heteroatoms. The van der Waals surface area contributed by atoms with Crippen LogP contribution >= 0.6 is 24.0 Å². The second-order valence-electron chi connectivity index (χ2n) is 7.19. The molecular formula is C18H38IN5O. The molecule has 2 N–H and O–H groups in total. The van der Waals surface area contributed by atoms with Crippen molar-refractivity contribution in [3.63, 3.8) is 0 Å². The number of guanidine groups is 1. The molecule has 148 valence electrons. The standard InChI is InChI=1S/C18H37N5O.HI/c1-4-19-17(20-10-15-24-3)21-16-18(8-13-22(2)14-9-18)23-11-6-5-7-12-23;/h4-16H2,1-3H3,(H2,19,20,21);1H. The van der Waals surface area contributed by atoms with Gasteiger partial charge in [0.25, 0.3) is 0 Å². The number of hydrogen-bond donors (Lipinski definition) is 2. The average Bonchev–Trinajstić information content (AvgIpc) is 2.62. The predicted molar refractivity (Wildman–Crippen MR) is 116 cm³/mol. The van der Waals surface area contributed by atoms with E-state index in [1.54, 1.807) is 7.11 Å². The molecule has 2 aliphatic heterocycles. The molecule has 2 saturated heterocycles. The Hall–Kier alpha value is -0.120. The summed E-state index contributed by atoms with van der Waals surface area (Å²) in [6, 6.07) is 0. The van der Waals surface area contributed by atoms with Gasteiger partial charge >= 0.3 is 0 Å². The summed E-state index contributed by atoms with van der Waals surface area (Å²) < 4.78 is 5.13. The van der Waals surface area contributed by atoms with Crippen molar-refractivity contribution in [1.82, 2.24) is 20.4 Å². The van der Waals surface area contributed by atoms with Gasteiger partial charge < -0.3 is 20.3 Å². The lowest BCUT2D eigenvalue weighted by atomic mass is 9.84. The molecule has 0 saturated carbocycles. The Kier molecular flexibility index (Phi) is 11.3. The highest BCUT2D eigenvalue weighted by molar-refractivity contribution is 14.0. The van der Waals surface area contributed by atoms with Crippen LogP contribution in [0.25, 0.3) is 0 Å². The predicted octanol–water partition coefficient (Wildman–Crippen LogP) is 1.76. The van der Waals surface area contributed by atoms with E-state index < -0.39 is 0 Å². The van der Waals surface area contributed by atoms with Gasteiger partial charge in [-0.15, -0.1) is 24.0 Å². The third kappa shape index (κ3) is 7.19. The summed E-state index contributed by atoms with van der Waals surface area (Å²) in [6.07, 6.45) is 6.52. The number of likely N-dealkylation sites (tertiary alicyclic amines) is 2. The number of ether oxygens (including phenoxy) is 1. The number of aliphatic imine (C=N–C) groups is 1. The van der Waals surface area contributed by atoms with Crippen LogP contribution in [0, 0.1) is 0 Å². The van der Waals surface area contributed by atoms with Gasteiger partial charge in [0.15, 0.2) is 5.96 Å². The lowest BCUT2D eigenvalue weighted by Crippen LogP contribution is -2.58. The molecular weight excluding hydrogens is 429 g/mol. The first-order valence-electron chi connectivity index (χ1n) is 9.65.